The van der Waals surface area contributed by atoms with Gasteiger partial charge < -0.3 is 0 Å². The Bertz CT molecular complexity index is 2060. The Morgan fingerprint density at radius 1 is 0.596 bits per heavy atom. The molecule has 244 valence electrons. The number of nitrogens with one attached hydrogen (secondary N) is 1. The number of anilines is 2. The molecule has 0 radical (unpaired) electrons. The van der Waals surface area contributed by atoms with E-state index in [-0.39, 0.29) is 5.39 Å². The van der Waals surface area contributed by atoms with Crippen LogP contribution in [0.25, 0.3) is 10.8 Å². The number of hydrazine groups is 2. The molecule has 0 aromatic heterocycles. The van der Waals surface area contributed by atoms with Gasteiger partial charge in [-0.2, -0.15) is 27.1 Å². The summed E-state index contributed by atoms with van der Waals surface area (Å²) >= 11 is 0. The van der Waals surface area contributed by atoms with Crippen molar-refractivity contribution in [1.82, 2.24) is 5.43 Å². The average molecular weight is 673 g/mol. The molecule has 1 N–H and O–H groups in total. The molecule has 0 spiro atoms. The van der Waals surface area contributed by atoms with Crippen LogP contribution in [0.3, 0.4) is 0 Å². The molecule has 10 nitrogen and oxygen atoms in total. The van der Waals surface area contributed by atoms with E-state index in [4.69, 9.17) is 13.5 Å². The van der Waals surface area contributed by atoms with Gasteiger partial charge >= 0.3 is 0 Å². The highest BCUT2D eigenvalue weighted by molar-refractivity contribution is 7.90. The molecule has 5 aromatic carbocycles. The van der Waals surface area contributed by atoms with Crippen molar-refractivity contribution in [3.63, 3.8) is 0 Å². The van der Waals surface area contributed by atoms with Gasteiger partial charge in [0.15, 0.2) is 5.84 Å². The fraction of sp³-hybridized carbons (Fsp3) is 0.171. The van der Waals surface area contributed by atoms with E-state index in [9.17, 15) is 16.8 Å². The van der Waals surface area contributed by atoms with Crippen LogP contribution in [-0.2, 0) is 28.6 Å². The Kier molecular flexibility index (Phi) is 10.3. The SMILES string of the molecule is CC(C)OS(=O)(=O)c1ccc2ccccc2c1S(=O)(=O)OC(C)C.c1ccc(C2=NN(c3ccccc3)N(c3ccccc3)N2)cc1. The minimum atomic E-state index is -4.29. The Hall–Kier alpha value is -4.75. The zero-order valence-corrected chi connectivity index (χ0v) is 28.0. The molecule has 1 aliphatic heterocycles. The Morgan fingerprint density at radius 2 is 1.11 bits per heavy atom. The van der Waals surface area contributed by atoms with Crippen molar-refractivity contribution in [1.29, 1.82) is 0 Å². The molecule has 12 heteroatoms. The maximum atomic E-state index is 12.7. The summed E-state index contributed by atoms with van der Waals surface area (Å²) in [5.41, 5.74) is 6.44. The largest absolute Gasteiger partial charge is 0.299 e. The van der Waals surface area contributed by atoms with Crippen molar-refractivity contribution >= 4 is 48.2 Å². The van der Waals surface area contributed by atoms with E-state index >= 15 is 0 Å². The van der Waals surface area contributed by atoms with Crippen LogP contribution >= 0.6 is 0 Å². The molecule has 0 saturated carbocycles. The smallest absolute Gasteiger partial charge is 0.264 e. The van der Waals surface area contributed by atoms with Crippen molar-refractivity contribution in [3.8, 4) is 0 Å². The van der Waals surface area contributed by atoms with Crippen LogP contribution in [0.15, 0.2) is 142 Å². The van der Waals surface area contributed by atoms with E-state index in [1.165, 1.54) is 6.07 Å². The van der Waals surface area contributed by atoms with E-state index in [1.54, 1.807) is 58.0 Å². The summed E-state index contributed by atoms with van der Waals surface area (Å²) in [6, 6.07) is 39.7. The van der Waals surface area contributed by atoms with Crippen LogP contribution < -0.4 is 15.7 Å². The number of hydrogen-bond acceptors (Lipinski definition) is 10. The van der Waals surface area contributed by atoms with E-state index in [0.717, 1.165) is 22.8 Å². The highest BCUT2D eigenvalue weighted by atomic mass is 32.2. The second-order valence-electron chi connectivity index (χ2n) is 11.0. The normalized spacial score (nSPS) is 13.4. The van der Waals surface area contributed by atoms with Gasteiger partial charge in [-0.05, 0) is 63.4 Å². The van der Waals surface area contributed by atoms with Gasteiger partial charge in [-0.15, -0.1) is 5.10 Å². The number of hydrazone groups is 1. The third-order valence-electron chi connectivity index (χ3n) is 6.63. The zero-order chi connectivity index (χ0) is 33.6. The second-order valence-corrected chi connectivity index (χ2v) is 14.1. The van der Waals surface area contributed by atoms with Gasteiger partial charge in [-0.3, -0.25) is 13.8 Å². The highest BCUT2D eigenvalue weighted by Gasteiger charge is 2.32. The Morgan fingerprint density at radius 3 is 1.70 bits per heavy atom. The quantitative estimate of drug-likeness (QED) is 0.168. The number of nitrogens with zero attached hydrogens (tertiary/aromatic N) is 3. The summed E-state index contributed by atoms with van der Waals surface area (Å²) in [6.07, 6.45) is -1.25. The van der Waals surface area contributed by atoms with Gasteiger partial charge in [0.05, 0.1) is 23.6 Å². The van der Waals surface area contributed by atoms with Gasteiger partial charge in [0.2, 0.25) is 0 Å². The molecule has 0 fully saturated rings. The fourth-order valence-corrected chi connectivity index (χ4v) is 7.96. The molecule has 0 amide bonds. The van der Waals surface area contributed by atoms with Crippen LogP contribution in [0.4, 0.5) is 11.4 Å². The van der Waals surface area contributed by atoms with Crippen LogP contribution in [-0.4, -0.2) is 34.9 Å². The number of rotatable bonds is 9. The first kappa shape index (κ1) is 33.6. The molecular formula is C35H36N4O6S2. The Labute approximate surface area is 276 Å². The van der Waals surface area contributed by atoms with Crippen molar-refractivity contribution in [2.45, 2.75) is 49.7 Å². The molecule has 1 heterocycles. The molecule has 0 bridgehead atoms. The van der Waals surface area contributed by atoms with Gasteiger partial charge in [0, 0.05) is 10.9 Å². The van der Waals surface area contributed by atoms with Crippen molar-refractivity contribution in [2.75, 3.05) is 10.2 Å². The third-order valence-corrected chi connectivity index (χ3v) is 9.86. The third kappa shape index (κ3) is 7.98. The van der Waals surface area contributed by atoms with Crippen LogP contribution in [0.2, 0.25) is 0 Å². The van der Waals surface area contributed by atoms with E-state index in [0.29, 0.717) is 5.39 Å². The number of benzene rings is 5. The molecular weight excluding hydrogens is 637 g/mol. The molecule has 5 aromatic rings. The predicted molar refractivity (Wildman–Crippen MR) is 185 cm³/mol. The average Bonchev–Trinajstić information content (AvgIpc) is 3.50. The summed E-state index contributed by atoms with van der Waals surface area (Å²) < 4.78 is 60.3. The number of amidine groups is 1. The molecule has 47 heavy (non-hydrogen) atoms. The Balaban J connectivity index is 0.000000184. The lowest BCUT2D eigenvalue weighted by Crippen LogP contribution is -2.44. The van der Waals surface area contributed by atoms with E-state index in [1.807, 2.05) is 101 Å². The molecule has 6 rings (SSSR count). The van der Waals surface area contributed by atoms with E-state index < -0.39 is 42.2 Å². The minimum absolute atomic E-state index is 0.270. The number of hydrogen-bond donors (Lipinski definition) is 1. The maximum Gasteiger partial charge on any atom is 0.299 e. The molecule has 0 unspecified atom stereocenters. The first-order chi connectivity index (χ1) is 22.5. The van der Waals surface area contributed by atoms with Gasteiger partial charge in [-0.1, -0.05) is 97.1 Å². The lowest BCUT2D eigenvalue weighted by molar-refractivity contribution is 0.242. The molecule has 0 atom stereocenters. The second kappa shape index (κ2) is 14.3. The van der Waals surface area contributed by atoms with Crippen molar-refractivity contribution in [3.05, 3.63) is 133 Å². The lowest BCUT2D eigenvalue weighted by Gasteiger charge is -2.27. The monoisotopic (exact) mass is 672 g/mol. The van der Waals surface area contributed by atoms with Gasteiger partial charge in [0.25, 0.3) is 20.2 Å². The summed E-state index contributed by atoms with van der Waals surface area (Å²) in [5.74, 6) is 0.818. The predicted octanol–water partition coefficient (Wildman–Crippen LogP) is 6.86. The number of para-hydroxylation sites is 2. The van der Waals surface area contributed by atoms with Gasteiger partial charge in [0.1, 0.15) is 9.79 Å². The van der Waals surface area contributed by atoms with Crippen molar-refractivity contribution < 1.29 is 25.2 Å². The van der Waals surface area contributed by atoms with Gasteiger partial charge in [-0.25, -0.2) is 0 Å². The van der Waals surface area contributed by atoms with Crippen LogP contribution in [0, 0.1) is 0 Å². The topological polar surface area (TPSA) is 118 Å². The summed E-state index contributed by atoms with van der Waals surface area (Å²) in [5, 5.41) is 9.43. The summed E-state index contributed by atoms with van der Waals surface area (Å²) in [7, 11) is -8.55. The maximum absolute atomic E-state index is 12.7. The summed E-state index contributed by atoms with van der Waals surface area (Å²) in [6.45, 7) is 6.22. The number of fused-ring (bicyclic) bond motifs is 1. The first-order valence-electron chi connectivity index (χ1n) is 15.0. The fourth-order valence-electron chi connectivity index (χ4n) is 4.79. The standard InChI is InChI=1S/C19H16N4.C16H20O6S2/c1-4-10-16(11-5-1)19-20-22(17-12-6-2-7-13-17)23(21-19)18-14-8-3-9-15-18;1-11(2)21-23(17,18)15-10-9-13-7-5-6-8-14(13)16(15)24(19,20)22-12(3)4/h1-15H,(H,20,21);5-12H,1-4H3. The zero-order valence-electron chi connectivity index (χ0n) is 26.4. The van der Waals surface area contributed by atoms with E-state index in [2.05, 4.69) is 5.43 Å². The van der Waals surface area contributed by atoms with Crippen LogP contribution in [0.5, 0.6) is 0 Å². The van der Waals surface area contributed by atoms with Crippen LogP contribution in [0.1, 0.15) is 33.3 Å². The molecule has 0 saturated heterocycles. The molecule has 0 aliphatic carbocycles. The minimum Gasteiger partial charge on any atom is -0.264 e. The summed E-state index contributed by atoms with van der Waals surface area (Å²) in [4.78, 5) is -0.814. The highest BCUT2D eigenvalue weighted by Crippen LogP contribution is 2.33. The van der Waals surface area contributed by atoms with Crippen molar-refractivity contribution in [2.24, 2.45) is 5.10 Å². The lowest BCUT2D eigenvalue weighted by atomic mass is 10.1. The molecule has 1 aliphatic rings. The first-order valence-corrected chi connectivity index (χ1v) is 17.8.